The molecule has 0 saturated carbocycles. The smallest absolute Gasteiger partial charge is 0.245 e. The Kier molecular flexibility index (Phi) is 4.01. The maximum absolute atomic E-state index is 12.4. The summed E-state index contributed by atoms with van der Waals surface area (Å²) in [6.45, 7) is 3.26. The summed E-state index contributed by atoms with van der Waals surface area (Å²) in [6, 6.07) is 0. The number of hydrogen-bond acceptors (Lipinski definition) is 4. The Morgan fingerprint density at radius 2 is 2.47 bits per heavy atom. The third-order valence-corrected chi connectivity index (χ3v) is 3.69. The monoisotopic (exact) mass is 242 g/mol. The molecular formula is C12H22N2O3. The van der Waals surface area contributed by atoms with Crippen LogP contribution in [0.2, 0.25) is 0 Å². The molecule has 1 amide bonds. The summed E-state index contributed by atoms with van der Waals surface area (Å²) < 4.78 is 10.4. The van der Waals surface area contributed by atoms with Gasteiger partial charge in [0.2, 0.25) is 5.91 Å². The Morgan fingerprint density at radius 3 is 3.12 bits per heavy atom. The summed E-state index contributed by atoms with van der Waals surface area (Å²) in [6.07, 6.45) is 2.81. The van der Waals surface area contributed by atoms with Crippen LogP contribution in [-0.2, 0) is 14.3 Å². The van der Waals surface area contributed by atoms with Gasteiger partial charge < -0.3 is 20.1 Å². The Bertz CT molecular complexity index is 275. The van der Waals surface area contributed by atoms with E-state index in [0.717, 1.165) is 32.5 Å². The van der Waals surface area contributed by atoms with Gasteiger partial charge in [-0.1, -0.05) is 0 Å². The summed E-state index contributed by atoms with van der Waals surface area (Å²) in [5.74, 6) is 0.499. The first-order valence-corrected chi connectivity index (χ1v) is 6.30. The minimum atomic E-state index is -0.783. The first-order valence-electron chi connectivity index (χ1n) is 6.30. The lowest BCUT2D eigenvalue weighted by atomic mass is 9.93. The molecule has 0 aromatic heterocycles. The summed E-state index contributed by atoms with van der Waals surface area (Å²) in [7, 11) is 1.70. The first-order chi connectivity index (χ1) is 8.15. The number of ether oxygens (including phenoxy) is 2. The summed E-state index contributed by atoms with van der Waals surface area (Å²) in [5.41, 5.74) is 5.32. The summed E-state index contributed by atoms with van der Waals surface area (Å²) in [5, 5.41) is 0. The molecule has 0 aliphatic carbocycles. The van der Waals surface area contributed by atoms with Crippen LogP contribution in [0.1, 0.15) is 19.3 Å². The van der Waals surface area contributed by atoms with Gasteiger partial charge in [-0.2, -0.15) is 0 Å². The number of hydrogen-bond donors (Lipinski definition) is 1. The van der Waals surface area contributed by atoms with E-state index in [9.17, 15) is 4.79 Å². The van der Waals surface area contributed by atoms with E-state index < -0.39 is 5.54 Å². The minimum Gasteiger partial charge on any atom is -0.384 e. The SMILES string of the molecule is COCC1CCCN(C(=O)C2(N)CCOC2)C1. The zero-order valence-corrected chi connectivity index (χ0v) is 10.5. The third kappa shape index (κ3) is 2.78. The average Bonchev–Trinajstić information content (AvgIpc) is 2.77. The second kappa shape index (κ2) is 5.33. The Balaban J connectivity index is 1.94. The van der Waals surface area contributed by atoms with Crippen LogP contribution in [0.15, 0.2) is 0 Å². The van der Waals surface area contributed by atoms with E-state index in [1.807, 2.05) is 4.90 Å². The molecular weight excluding hydrogens is 220 g/mol. The number of methoxy groups -OCH3 is 1. The van der Waals surface area contributed by atoms with Gasteiger partial charge in [-0.3, -0.25) is 4.79 Å². The van der Waals surface area contributed by atoms with E-state index in [-0.39, 0.29) is 5.91 Å². The van der Waals surface area contributed by atoms with Crippen molar-refractivity contribution in [2.24, 2.45) is 11.7 Å². The van der Waals surface area contributed by atoms with Crippen molar-refractivity contribution >= 4 is 5.91 Å². The van der Waals surface area contributed by atoms with Crippen molar-refractivity contribution in [3.8, 4) is 0 Å². The highest BCUT2D eigenvalue weighted by molar-refractivity contribution is 5.86. The number of nitrogens with two attached hydrogens (primary N) is 1. The Labute approximate surface area is 102 Å². The molecule has 2 fully saturated rings. The van der Waals surface area contributed by atoms with Gasteiger partial charge in [0.15, 0.2) is 0 Å². The number of nitrogens with zero attached hydrogens (tertiary/aromatic N) is 1. The highest BCUT2D eigenvalue weighted by Gasteiger charge is 2.42. The molecule has 0 aromatic rings. The van der Waals surface area contributed by atoms with Crippen LogP contribution in [0.5, 0.6) is 0 Å². The average molecular weight is 242 g/mol. The fourth-order valence-electron chi connectivity index (χ4n) is 2.69. The van der Waals surface area contributed by atoms with Crippen LogP contribution in [0, 0.1) is 5.92 Å². The van der Waals surface area contributed by atoms with Crippen LogP contribution in [0.3, 0.4) is 0 Å². The molecule has 2 saturated heterocycles. The normalized spacial score (nSPS) is 34.0. The van der Waals surface area contributed by atoms with E-state index >= 15 is 0 Å². The van der Waals surface area contributed by atoms with Gasteiger partial charge in [0.1, 0.15) is 5.54 Å². The van der Waals surface area contributed by atoms with Crippen molar-refractivity contribution in [1.82, 2.24) is 4.90 Å². The van der Waals surface area contributed by atoms with Gasteiger partial charge in [0.05, 0.1) is 13.2 Å². The maximum atomic E-state index is 12.4. The lowest BCUT2D eigenvalue weighted by molar-refractivity contribution is -0.139. The quantitative estimate of drug-likeness (QED) is 0.756. The number of amides is 1. The van der Waals surface area contributed by atoms with Gasteiger partial charge >= 0.3 is 0 Å². The van der Waals surface area contributed by atoms with Crippen molar-refractivity contribution < 1.29 is 14.3 Å². The molecule has 17 heavy (non-hydrogen) atoms. The molecule has 98 valence electrons. The van der Waals surface area contributed by atoms with Crippen LogP contribution in [0.4, 0.5) is 0 Å². The minimum absolute atomic E-state index is 0.0517. The Hall–Kier alpha value is -0.650. The first kappa shape index (κ1) is 12.8. The van der Waals surface area contributed by atoms with Gasteiger partial charge in [-0.25, -0.2) is 0 Å². The van der Waals surface area contributed by atoms with Crippen molar-refractivity contribution in [2.45, 2.75) is 24.8 Å². The molecule has 5 nitrogen and oxygen atoms in total. The van der Waals surface area contributed by atoms with Gasteiger partial charge in [0.25, 0.3) is 0 Å². The lowest BCUT2D eigenvalue weighted by Crippen LogP contribution is -2.58. The second-order valence-corrected chi connectivity index (χ2v) is 5.17. The van der Waals surface area contributed by atoms with Crippen LogP contribution in [-0.4, -0.2) is 56.4 Å². The lowest BCUT2D eigenvalue weighted by Gasteiger charge is -2.36. The van der Waals surface area contributed by atoms with Crippen molar-refractivity contribution in [3.05, 3.63) is 0 Å². The molecule has 2 heterocycles. The highest BCUT2D eigenvalue weighted by atomic mass is 16.5. The number of carbonyl (C=O) groups is 1. The summed E-state index contributed by atoms with van der Waals surface area (Å²) in [4.78, 5) is 14.2. The number of carbonyl (C=O) groups excluding carboxylic acids is 1. The zero-order chi connectivity index (χ0) is 12.3. The van der Waals surface area contributed by atoms with Crippen LogP contribution < -0.4 is 5.73 Å². The summed E-state index contributed by atoms with van der Waals surface area (Å²) >= 11 is 0. The largest absolute Gasteiger partial charge is 0.384 e. The predicted octanol–water partition coefficient (Wildman–Crippen LogP) is -0.0108. The van der Waals surface area contributed by atoms with E-state index in [1.165, 1.54) is 0 Å². The van der Waals surface area contributed by atoms with E-state index in [0.29, 0.717) is 25.6 Å². The molecule has 2 aliphatic rings. The van der Waals surface area contributed by atoms with E-state index in [1.54, 1.807) is 7.11 Å². The van der Waals surface area contributed by atoms with Gasteiger partial charge in [-0.15, -0.1) is 0 Å². The topological polar surface area (TPSA) is 64.8 Å². The number of rotatable bonds is 3. The second-order valence-electron chi connectivity index (χ2n) is 5.17. The van der Waals surface area contributed by atoms with Gasteiger partial charge in [-0.05, 0) is 25.2 Å². The van der Waals surface area contributed by atoms with Crippen molar-refractivity contribution in [2.75, 3.05) is 40.0 Å². The molecule has 0 bridgehead atoms. The Morgan fingerprint density at radius 1 is 1.65 bits per heavy atom. The molecule has 2 atom stereocenters. The van der Waals surface area contributed by atoms with Crippen molar-refractivity contribution in [1.29, 1.82) is 0 Å². The van der Waals surface area contributed by atoms with Gasteiger partial charge in [0, 0.05) is 26.8 Å². The highest BCUT2D eigenvalue weighted by Crippen LogP contribution is 2.23. The molecule has 0 radical (unpaired) electrons. The standard InChI is InChI=1S/C12H22N2O3/c1-16-8-10-3-2-5-14(7-10)11(15)12(13)4-6-17-9-12/h10H,2-9,13H2,1H3. The molecule has 2 unspecified atom stereocenters. The fourth-order valence-corrected chi connectivity index (χ4v) is 2.69. The molecule has 2 N–H and O–H groups in total. The zero-order valence-electron chi connectivity index (χ0n) is 10.5. The fraction of sp³-hybridized carbons (Fsp3) is 0.917. The molecule has 2 rings (SSSR count). The van der Waals surface area contributed by atoms with Crippen LogP contribution in [0.25, 0.3) is 0 Å². The number of likely N-dealkylation sites (tertiary alicyclic amines) is 1. The van der Waals surface area contributed by atoms with E-state index in [2.05, 4.69) is 0 Å². The molecule has 0 spiro atoms. The van der Waals surface area contributed by atoms with E-state index in [4.69, 9.17) is 15.2 Å². The van der Waals surface area contributed by atoms with Crippen LogP contribution >= 0.6 is 0 Å². The maximum Gasteiger partial charge on any atom is 0.245 e. The number of piperidine rings is 1. The molecule has 0 aromatic carbocycles. The predicted molar refractivity (Wildman–Crippen MR) is 63.5 cm³/mol. The molecule has 5 heteroatoms. The third-order valence-electron chi connectivity index (χ3n) is 3.69. The van der Waals surface area contributed by atoms with Crippen molar-refractivity contribution in [3.63, 3.8) is 0 Å². The molecule has 2 aliphatic heterocycles.